The number of aliphatic hydroxyl groups excluding tert-OH is 1. The van der Waals surface area contributed by atoms with Crippen molar-refractivity contribution >= 4 is 6.03 Å². The van der Waals surface area contributed by atoms with Gasteiger partial charge >= 0.3 is 6.03 Å². The molecule has 2 saturated carbocycles. The van der Waals surface area contributed by atoms with Crippen molar-refractivity contribution in [2.75, 3.05) is 13.2 Å². The normalized spacial score (nSPS) is 21.5. The van der Waals surface area contributed by atoms with Crippen LogP contribution in [-0.4, -0.2) is 41.3 Å². The molecule has 0 radical (unpaired) electrons. The molecule has 0 aromatic heterocycles. The summed E-state index contributed by atoms with van der Waals surface area (Å²) in [7, 11) is 0. The predicted octanol–water partition coefficient (Wildman–Crippen LogP) is 0.705. The van der Waals surface area contributed by atoms with Gasteiger partial charge in [-0.15, -0.1) is 0 Å². The van der Waals surface area contributed by atoms with Crippen LogP contribution in [0.4, 0.5) is 4.79 Å². The Bertz CT molecular complexity index is 212. The zero-order valence-corrected chi connectivity index (χ0v) is 8.41. The van der Waals surface area contributed by atoms with Crippen molar-refractivity contribution in [2.45, 2.75) is 44.2 Å². The topological polar surface area (TPSA) is 52.6 Å². The summed E-state index contributed by atoms with van der Waals surface area (Å²) in [5, 5.41) is 11.8. The van der Waals surface area contributed by atoms with Crippen molar-refractivity contribution in [3.05, 3.63) is 0 Å². The van der Waals surface area contributed by atoms with Gasteiger partial charge in [0.1, 0.15) is 0 Å². The first-order chi connectivity index (χ1) is 6.81. The zero-order valence-electron chi connectivity index (χ0n) is 8.41. The number of rotatable bonds is 4. The van der Waals surface area contributed by atoms with Crippen LogP contribution in [0.2, 0.25) is 0 Å². The highest BCUT2D eigenvalue weighted by molar-refractivity contribution is 5.75. The molecule has 2 fully saturated rings. The summed E-state index contributed by atoms with van der Waals surface area (Å²) in [6.07, 6.45) is 5.65. The van der Waals surface area contributed by atoms with E-state index in [9.17, 15) is 4.79 Å². The number of nitrogens with zero attached hydrogens (tertiary/aromatic N) is 1. The lowest BCUT2D eigenvalue weighted by Gasteiger charge is -2.30. The summed E-state index contributed by atoms with van der Waals surface area (Å²) >= 11 is 0. The molecule has 0 atom stereocenters. The fourth-order valence-electron chi connectivity index (χ4n) is 1.75. The van der Waals surface area contributed by atoms with E-state index in [1.807, 2.05) is 0 Å². The maximum absolute atomic E-state index is 11.7. The van der Waals surface area contributed by atoms with Crippen molar-refractivity contribution in [3.8, 4) is 0 Å². The Morgan fingerprint density at radius 3 is 2.50 bits per heavy atom. The van der Waals surface area contributed by atoms with Crippen LogP contribution in [0.5, 0.6) is 0 Å². The van der Waals surface area contributed by atoms with E-state index in [0.717, 1.165) is 25.7 Å². The lowest BCUT2D eigenvalue weighted by Crippen LogP contribution is -2.48. The molecule has 0 heterocycles. The second-order valence-corrected chi connectivity index (χ2v) is 4.23. The van der Waals surface area contributed by atoms with E-state index in [0.29, 0.717) is 18.6 Å². The van der Waals surface area contributed by atoms with Crippen LogP contribution in [0.3, 0.4) is 0 Å². The van der Waals surface area contributed by atoms with Gasteiger partial charge in [-0.3, -0.25) is 0 Å². The average Bonchev–Trinajstić information content (AvgIpc) is 2.90. The van der Waals surface area contributed by atoms with E-state index in [-0.39, 0.29) is 12.6 Å². The van der Waals surface area contributed by atoms with E-state index in [2.05, 4.69) is 5.32 Å². The number of urea groups is 1. The smallest absolute Gasteiger partial charge is 0.317 e. The molecule has 2 amide bonds. The molecule has 0 aromatic rings. The second kappa shape index (κ2) is 4.17. The molecular weight excluding hydrogens is 180 g/mol. The summed E-state index contributed by atoms with van der Waals surface area (Å²) in [5.41, 5.74) is 0. The van der Waals surface area contributed by atoms with Crippen molar-refractivity contribution < 1.29 is 9.90 Å². The van der Waals surface area contributed by atoms with E-state index >= 15 is 0 Å². The van der Waals surface area contributed by atoms with Crippen molar-refractivity contribution in [1.29, 1.82) is 0 Å². The molecule has 2 aliphatic rings. The van der Waals surface area contributed by atoms with Crippen molar-refractivity contribution in [2.24, 2.45) is 0 Å². The largest absolute Gasteiger partial charge is 0.395 e. The Morgan fingerprint density at radius 2 is 2.07 bits per heavy atom. The molecule has 4 nitrogen and oxygen atoms in total. The molecule has 14 heavy (non-hydrogen) atoms. The Balaban J connectivity index is 1.79. The SMILES string of the molecule is O=C(NC1CCC1)N(CCO)C1CC1. The van der Waals surface area contributed by atoms with Gasteiger partial charge in [0.25, 0.3) is 0 Å². The van der Waals surface area contributed by atoms with Crippen LogP contribution in [0.15, 0.2) is 0 Å². The first-order valence-corrected chi connectivity index (χ1v) is 5.49. The summed E-state index contributed by atoms with van der Waals surface area (Å²) < 4.78 is 0. The maximum Gasteiger partial charge on any atom is 0.317 e. The van der Waals surface area contributed by atoms with Crippen molar-refractivity contribution in [1.82, 2.24) is 10.2 Å². The third-order valence-electron chi connectivity index (χ3n) is 3.02. The molecule has 0 bridgehead atoms. The van der Waals surface area contributed by atoms with Gasteiger partial charge in [0.05, 0.1) is 6.61 Å². The lowest BCUT2D eigenvalue weighted by atomic mass is 9.93. The molecule has 0 saturated heterocycles. The van der Waals surface area contributed by atoms with Crippen molar-refractivity contribution in [3.63, 3.8) is 0 Å². The fraction of sp³-hybridized carbons (Fsp3) is 0.900. The highest BCUT2D eigenvalue weighted by Gasteiger charge is 2.33. The van der Waals surface area contributed by atoms with Crippen LogP contribution in [0, 0.1) is 0 Å². The van der Waals surface area contributed by atoms with Crippen LogP contribution in [0.1, 0.15) is 32.1 Å². The van der Waals surface area contributed by atoms with Gasteiger partial charge < -0.3 is 15.3 Å². The summed E-state index contributed by atoms with van der Waals surface area (Å²) in [5.74, 6) is 0. The highest BCUT2D eigenvalue weighted by Crippen LogP contribution is 2.27. The predicted molar refractivity (Wildman–Crippen MR) is 53.0 cm³/mol. The molecule has 2 aliphatic carbocycles. The standard InChI is InChI=1S/C10H18N2O2/c13-7-6-12(9-4-5-9)10(14)11-8-2-1-3-8/h8-9,13H,1-7H2,(H,11,14). The molecule has 0 aromatic carbocycles. The van der Waals surface area contributed by atoms with Gasteiger partial charge in [0.2, 0.25) is 0 Å². The average molecular weight is 198 g/mol. The zero-order chi connectivity index (χ0) is 9.97. The lowest BCUT2D eigenvalue weighted by molar-refractivity contribution is 0.165. The third kappa shape index (κ3) is 2.18. The first kappa shape index (κ1) is 9.77. The van der Waals surface area contributed by atoms with Crippen LogP contribution in [0.25, 0.3) is 0 Å². The Hall–Kier alpha value is -0.770. The van der Waals surface area contributed by atoms with Gasteiger partial charge in [-0.25, -0.2) is 4.79 Å². The number of amides is 2. The molecule has 4 heteroatoms. The van der Waals surface area contributed by atoms with E-state index in [4.69, 9.17) is 5.11 Å². The Kier molecular flexibility index (Phi) is 2.91. The van der Waals surface area contributed by atoms with Crippen LogP contribution >= 0.6 is 0 Å². The molecule has 0 spiro atoms. The Labute approximate surface area is 84.3 Å². The quantitative estimate of drug-likeness (QED) is 0.699. The molecular formula is C10H18N2O2. The van der Waals surface area contributed by atoms with Gasteiger partial charge in [-0.2, -0.15) is 0 Å². The Morgan fingerprint density at radius 1 is 1.36 bits per heavy atom. The van der Waals surface area contributed by atoms with Crippen LogP contribution in [-0.2, 0) is 0 Å². The van der Waals surface area contributed by atoms with Gasteiger partial charge in [0, 0.05) is 18.6 Å². The van der Waals surface area contributed by atoms with E-state index < -0.39 is 0 Å². The van der Waals surface area contributed by atoms with Gasteiger partial charge in [-0.1, -0.05) is 0 Å². The summed E-state index contributed by atoms with van der Waals surface area (Å²) in [4.78, 5) is 13.5. The molecule has 80 valence electrons. The molecule has 2 N–H and O–H groups in total. The summed E-state index contributed by atoms with van der Waals surface area (Å²) in [6.45, 7) is 0.539. The second-order valence-electron chi connectivity index (χ2n) is 4.23. The highest BCUT2D eigenvalue weighted by atomic mass is 16.3. The number of hydrogen-bond donors (Lipinski definition) is 2. The molecule has 0 unspecified atom stereocenters. The number of nitrogens with one attached hydrogen (secondary N) is 1. The monoisotopic (exact) mass is 198 g/mol. The van der Waals surface area contributed by atoms with Gasteiger partial charge in [-0.05, 0) is 32.1 Å². The molecule has 2 rings (SSSR count). The first-order valence-electron chi connectivity index (χ1n) is 5.49. The van der Waals surface area contributed by atoms with Crippen LogP contribution < -0.4 is 5.32 Å². The fourth-order valence-corrected chi connectivity index (χ4v) is 1.75. The summed E-state index contributed by atoms with van der Waals surface area (Å²) in [6, 6.07) is 0.802. The van der Waals surface area contributed by atoms with Gasteiger partial charge in [0.15, 0.2) is 0 Å². The third-order valence-corrected chi connectivity index (χ3v) is 3.02. The maximum atomic E-state index is 11.7. The molecule has 0 aliphatic heterocycles. The van der Waals surface area contributed by atoms with E-state index in [1.54, 1.807) is 4.90 Å². The number of carbonyl (C=O) groups excluding carboxylic acids is 1. The minimum absolute atomic E-state index is 0.0197. The minimum atomic E-state index is 0.0197. The number of aliphatic hydroxyl groups is 1. The minimum Gasteiger partial charge on any atom is -0.395 e. The number of carbonyl (C=O) groups is 1. The van der Waals surface area contributed by atoms with E-state index in [1.165, 1.54) is 6.42 Å². The number of hydrogen-bond acceptors (Lipinski definition) is 2.